The summed E-state index contributed by atoms with van der Waals surface area (Å²) in [6.45, 7) is 2.78. The molecule has 1 aliphatic heterocycles. The van der Waals surface area contributed by atoms with Gasteiger partial charge >= 0.3 is 0 Å². The number of rotatable bonds is 4. The molecule has 9 nitrogen and oxygen atoms in total. The van der Waals surface area contributed by atoms with Crippen LogP contribution in [0.3, 0.4) is 0 Å². The topological polar surface area (TPSA) is 108 Å². The van der Waals surface area contributed by atoms with E-state index in [4.69, 9.17) is 31.9 Å². The standard InChI is InChI=1S/C22H23ClN6O3/c1-13(23)22(30)28-7-6-15(11-28)29-21-19(20(24)25-12-26-21)18(27-29)5-4-14-8-16(31-2)10-17(9-14)32-3/h8-10,12-13,15H,6-7,11H2,1-3H3,(H2,24,25,26). The average molecular weight is 455 g/mol. The van der Waals surface area contributed by atoms with Gasteiger partial charge in [0.1, 0.15) is 34.7 Å². The van der Waals surface area contributed by atoms with Crippen LogP contribution in [0, 0.1) is 11.8 Å². The monoisotopic (exact) mass is 454 g/mol. The van der Waals surface area contributed by atoms with Crippen LogP contribution in [0.2, 0.25) is 0 Å². The summed E-state index contributed by atoms with van der Waals surface area (Å²) in [5.74, 6) is 7.67. The van der Waals surface area contributed by atoms with Gasteiger partial charge in [-0.3, -0.25) is 4.79 Å². The molecular formula is C22H23ClN6O3. The van der Waals surface area contributed by atoms with Crippen molar-refractivity contribution in [2.75, 3.05) is 33.0 Å². The number of benzene rings is 1. The van der Waals surface area contributed by atoms with Crippen LogP contribution >= 0.6 is 11.6 Å². The van der Waals surface area contributed by atoms with Gasteiger partial charge in [0.2, 0.25) is 5.91 Å². The number of amides is 1. The fourth-order valence-corrected chi connectivity index (χ4v) is 3.88. The first kappa shape index (κ1) is 21.7. The third-order valence-electron chi connectivity index (χ3n) is 5.36. The predicted molar refractivity (Wildman–Crippen MR) is 121 cm³/mol. The number of halogens is 1. The number of nitrogens with two attached hydrogens (primary N) is 1. The number of methoxy groups -OCH3 is 2. The molecule has 10 heteroatoms. The molecule has 0 bridgehead atoms. The molecule has 4 rings (SSSR count). The minimum atomic E-state index is -0.567. The van der Waals surface area contributed by atoms with E-state index in [1.807, 2.05) is 12.1 Å². The van der Waals surface area contributed by atoms with E-state index in [1.54, 1.807) is 36.8 Å². The van der Waals surface area contributed by atoms with E-state index in [1.165, 1.54) is 6.33 Å². The summed E-state index contributed by atoms with van der Waals surface area (Å²) in [6, 6.07) is 5.33. The first-order chi connectivity index (χ1) is 15.4. The van der Waals surface area contributed by atoms with Crippen molar-refractivity contribution in [2.45, 2.75) is 24.8 Å². The Morgan fingerprint density at radius 1 is 1.22 bits per heavy atom. The number of carbonyl (C=O) groups excluding carboxylic acids is 1. The molecule has 0 radical (unpaired) electrons. The molecule has 32 heavy (non-hydrogen) atoms. The van der Waals surface area contributed by atoms with Gasteiger partial charge in [0.25, 0.3) is 0 Å². The number of aromatic nitrogens is 4. The van der Waals surface area contributed by atoms with E-state index < -0.39 is 5.38 Å². The minimum Gasteiger partial charge on any atom is -0.497 e. The second kappa shape index (κ2) is 8.93. The van der Waals surface area contributed by atoms with Crippen LogP contribution in [0.15, 0.2) is 24.5 Å². The number of alkyl halides is 1. The number of anilines is 1. The Bertz CT molecular complexity index is 1210. The maximum atomic E-state index is 12.3. The fourth-order valence-electron chi connectivity index (χ4n) is 3.74. The molecule has 0 spiro atoms. The molecule has 1 aromatic carbocycles. The second-order valence-corrected chi connectivity index (χ2v) is 8.10. The Balaban J connectivity index is 1.73. The lowest BCUT2D eigenvalue weighted by Gasteiger charge is -2.18. The molecule has 2 aromatic heterocycles. The Hall–Kier alpha value is -3.51. The van der Waals surface area contributed by atoms with Crippen LogP contribution in [-0.2, 0) is 4.79 Å². The zero-order valence-electron chi connectivity index (χ0n) is 18.0. The molecule has 2 atom stereocenters. The molecule has 2 unspecified atom stereocenters. The molecule has 1 amide bonds. The first-order valence-electron chi connectivity index (χ1n) is 10.1. The number of fused-ring (bicyclic) bond motifs is 1. The quantitative estimate of drug-likeness (QED) is 0.475. The molecule has 0 aliphatic carbocycles. The highest BCUT2D eigenvalue weighted by Crippen LogP contribution is 2.29. The van der Waals surface area contributed by atoms with Crippen molar-refractivity contribution in [1.29, 1.82) is 0 Å². The van der Waals surface area contributed by atoms with Crippen molar-refractivity contribution >= 4 is 34.4 Å². The summed E-state index contributed by atoms with van der Waals surface area (Å²) in [4.78, 5) is 22.5. The highest BCUT2D eigenvalue weighted by atomic mass is 35.5. The van der Waals surface area contributed by atoms with E-state index in [0.717, 1.165) is 6.42 Å². The van der Waals surface area contributed by atoms with Crippen LogP contribution in [0.25, 0.3) is 11.0 Å². The number of hydrogen-bond acceptors (Lipinski definition) is 7. The number of ether oxygens (including phenoxy) is 2. The van der Waals surface area contributed by atoms with E-state index in [-0.39, 0.29) is 11.9 Å². The molecule has 3 aromatic rings. The number of nitrogen functional groups attached to an aromatic ring is 1. The summed E-state index contributed by atoms with van der Waals surface area (Å²) in [7, 11) is 3.17. The van der Waals surface area contributed by atoms with Crippen molar-refractivity contribution < 1.29 is 14.3 Å². The number of hydrogen-bond donors (Lipinski definition) is 1. The van der Waals surface area contributed by atoms with Gasteiger partial charge in [-0.2, -0.15) is 5.10 Å². The Morgan fingerprint density at radius 2 is 1.94 bits per heavy atom. The third-order valence-corrected chi connectivity index (χ3v) is 5.54. The van der Waals surface area contributed by atoms with Crippen LogP contribution in [0.1, 0.15) is 30.6 Å². The Morgan fingerprint density at radius 3 is 2.59 bits per heavy atom. The highest BCUT2D eigenvalue weighted by Gasteiger charge is 2.31. The summed E-state index contributed by atoms with van der Waals surface area (Å²) in [5.41, 5.74) is 7.91. The van der Waals surface area contributed by atoms with Crippen LogP contribution in [-0.4, -0.2) is 63.2 Å². The van der Waals surface area contributed by atoms with Gasteiger partial charge < -0.3 is 20.1 Å². The molecular weight excluding hydrogens is 432 g/mol. The van der Waals surface area contributed by atoms with Crippen LogP contribution in [0.4, 0.5) is 5.82 Å². The number of carbonyl (C=O) groups is 1. The lowest BCUT2D eigenvalue weighted by Crippen LogP contribution is -2.34. The molecule has 1 saturated heterocycles. The Labute approximate surface area is 190 Å². The summed E-state index contributed by atoms with van der Waals surface area (Å²) >= 11 is 5.98. The highest BCUT2D eigenvalue weighted by molar-refractivity contribution is 6.30. The van der Waals surface area contributed by atoms with Crippen molar-refractivity contribution in [3.8, 4) is 23.3 Å². The largest absolute Gasteiger partial charge is 0.497 e. The first-order valence-corrected chi connectivity index (χ1v) is 10.5. The van der Waals surface area contributed by atoms with Gasteiger partial charge in [0.15, 0.2) is 5.65 Å². The van der Waals surface area contributed by atoms with Crippen molar-refractivity contribution in [3.63, 3.8) is 0 Å². The van der Waals surface area contributed by atoms with E-state index >= 15 is 0 Å². The summed E-state index contributed by atoms with van der Waals surface area (Å²) in [6.07, 6.45) is 2.13. The fraction of sp³-hybridized carbons (Fsp3) is 0.364. The molecule has 2 N–H and O–H groups in total. The molecule has 166 valence electrons. The van der Waals surface area contributed by atoms with Gasteiger partial charge in [0, 0.05) is 24.7 Å². The molecule has 1 fully saturated rings. The molecule has 0 saturated carbocycles. The lowest BCUT2D eigenvalue weighted by atomic mass is 10.2. The SMILES string of the molecule is COc1cc(C#Cc2nn(C3CCN(C(=O)C(C)Cl)C3)c3ncnc(N)c23)cc(OC)c1. The summed E-state index contributed by atoms with van der Waals surface area (Å²) < 4.78 is 12.4. The normalized spacial score (nSPS) is 16.5. The number of likely N-dealkylation sites (tertiary alicyclic amines) is 1. The van der Waals surface area contributed by atoms with E-state index in [2.05, 4.69) is 21.8 Å². The smallest absolute Gasteiger partial charge is 0.240 e. The maximum absolute atomic E-state index is 12.3. The van der Waals surface area contributed by atoms with Crippen LogP contribution in [0.5, 0.6) is 11.5 Å². The zero-order valence-corrected chi connectivity index (χ0v) is 18.8. The van der Waals surface area contributed by atoms with E-state index in [0.29, 0.717) is 52.7 Å². The van der Waals surface area contributed by atoms with E-state index in [9.17, 15) is 4.79 Å². The molecule has 3 heterocycles. The molecule has 1 aliphatic rings. The van der Waals surface area contributed by atoms with Crippen molar-refractivity contribution in [1.82, 2.24) is 24.6 Å². The van der Waals surface area contributed by atoms with Gasteiger partial charge in [-0.05, 0) is 31.4 Å². The third kappa shape index (κ3) is 4.14. The Kier molecular flexibility index (Phi) is 6.06. The van der Waals surface area contributed by atoms with Gasteiger partial charge in [0.05, 0.1) is 25.6 Å². The van der Waals surface area contributed by atoms with Gasteiger partial charge in [-0.1, -0.05) is 5.92 Å². The average Bonchev–Trinajstić information content (AvgIpc) is 3.42. The van der Waals surface area contributed by atoms with Gasteiger partial charge in [-0.25, -0.2) is 14.6 Å². The minimum absolute atomic E-state index is 0.0568. The van der Waals surface area contributed by atoms with Gasteiger partial charge in [-0.15, -0.1) is 11.6 Å². The zero-order chi connectivity index (χ0) is 22.8. The lowest BCUT2D eigenvalue weighted by molar-refractivity contribution is -0.129. The summed E-state index contributed by atoms with van der Waals surface area (Å²) in [5, 5.41) is 4.72. The maximum Gasteiger partial charge on any atom is 0.240 e. The van der Waals surface area contributed by atoms with Crippen molar-refractivity contribution in [2.24, 2.45) is 0 Å². The van der Waals surface area contributed by atoms with Crippen molar-refractivity contribution in [3.05, 3.63) is 35.8 Å². The second-order valence-electron chi connectivity index (χ2n) is 7.44. The van der Waals surface area contributed by atoms with Crippen LogP contribution < -0.4 is 15.2 Å². The number of nitrogens with zero attached hydrogens (tertiary/aromatic N) is 5. The predicted octanol–water partition coefficient (Wildman–Crippen LogP) is 2.23.